The van der Waals surface area contributed by atoms with E-state index in [-0.39, 0.29) is 24.5 Å². The van der Waals surface area contributed by atoms with Crippen molar-refractivity contribution in [3.63, 3.8) is 0 Å². The zero-order valence-corrected chi connectivity index (χ0v) is 19.7. The van der Waals surface area contributed by atoms with E-state index >= 15 is 0 Å². The molecule has 0 fully saturated rings. The Hall–Kier alpha value is -2.82. The minimum atomic E-state index is -0.551. The molecule has 0 bridgehead atoms. The van der Waals surface area contributed by atoms with Crippen molar-refractivity contribution < 1.29 is 14.3 Å². The Labute approximate surface area is 186 Å². The van der Waals surface area contributed by atoms with Gasteiger partial charge in [-0.15, -0.1) is 0 Å². The van der Waals surface area contributed by atoms with Crippen LogP contribution in [0.1, 0.15) is 55.9 Å². The van der Waals surface area contributed by atoms with E-state index in [0.717, 1.165) is 28.7 Å². The van der Waals surface area contributed by atoms with Crippen molar-refractivity contribution >= 4 is 11.8 Å². The Balaban J connectivity index is 2.23. The Bertz CT molecular complexity index is 877. The topological polar surface area (TPSA) is 58.6 Å². The minimum absolute atomic E-state index is 0.0593. The van der Waals surface area contributed by atoms with Gasteiger partial charge in [0.15, 0.2) is 6.61 Å². The van der Waals surface area contributed by atoms with E-state index < -0.39 is 6.04 Å². The molecule has 0 heterocycles. The number of hydrogen-bond donors (Lipinski definition) is 1. The number of nitrogens with zero attached hydrogens (tertiary/aromatic N) is 1. The molecular formula is C26H36N2O3. The first-order valence-corrected chi connectivity index (χ1v) is 11.1. The second kappa shape index (κ2) is 11.5. The third-order valence-corrected chi connectivity index (χ3v) is 5.56. The van der Waals surface area contributed by atoms with E-state index in [1.54, 1.807) is 4.90 Å². The maximum absolute atomic E-state index is 13.3. The van der Waals surface area contributed by atoms with Crippen LogP contribution in [0.4, 0.5) is 0 Å². The lowest BCUT2D eigenvalue weighted by Gasteiger charge is -2.31. The molecule has 5 heteroatoms. The summed E-state index contributed by atoms with van der Waals surface area (Å²) in [7, 11) is 0. The van der Waals surface area contributed by atoms with Crippen LogP contribution in [-0.4, -0.2) is 35.4 Å². The van der Waals surface area contributed by atoms with Gasteiger partial charge >= 0.3 is 0 Å². The molecule has 0 spiro atoms. The first-order valence-electron chi connectivity index (χ1n) is 11.1. The number of rotatable bonds is 10. The van der Waals surface area contributed by atoms with Gasteiger partial charge < -0.3 is 15.0 Å². The Morgan fingerprint density at radius 3 is 2.23 bits per heavy atom. The van der Waals surface area contributed by atoms with E-state index in [1.807, 2.05) is 84.0 Å². The van der Waals surface area contributed by atoms with Crippen molar-refractivity contribution in [2.75, 3.05) is 6.61 Å². The van der Waals surface area contributed by atoms with E-state index in [0.29, 0.717) is 18.7 Å². The highest BCUT2D eigenvalue weighted by Gasteiger charge is 2.29. The zero-order chi connectivity index (χ0) is 23.0. The summed E-state index contributed by atoms with van der Waals surface area (Å²) < 4.78 is 5.87. The summed E-state index contributed by atoms with van der Waals surface area (Å²) in [6.45, 7) is 12.2. The fraction of sp³-hybridized carbons (Fsp3) is 0.462. The molecule has 2 aromatic carbocycles. The molecule has 2 rings (SSSR count). The highest BCUT2D eigenvalue weighted by atomic mass is 16.5. The van der Waals surface area contributed by atoms with E-state index in [9.17, 15) is 9.59 Å². The van der Waals surface area contributed by atoms with Gasteiger partial charge in [0.2, 0.25) is 5.91 Å². The lowest BCUT2D eigenvalue weighted by Crippen LogP contribution is -2.51. The molecule has 1 N–H and O–H groups in total. The van der Waals surface area contributed by atoms with Crippen molar-refractivity contribution in [3.8, 4) is 5.75 Å². The predicted octanol–water partition coefficient (Wildman–Crippen LogP) is 4.71. The molecule has 0 saturated heterocycles. The first-order chi connectivity index (χ1) is 14.7. The van der Waals surface area contributed by atoms with Crippen molar-refractivity contribution in [1.29, 1.82) is 0 Å². The summed E-state index contributed by atoms with van der Waals surface area (Å²) >= 11 is 0. The molecule has 0 aromatic heterocycles. The SMILES string of the molecule is CC[C@@H](C)NC(=O)[C@@H](CC)N(Cc1ccc(C)cc1)C(=O)COc1cc(C)ccc1C. The summed E-state index contributed by atoms with van der Waals surface area (Å²) in [6.07, 6.45) is 1.37. The van der Waals surface area contributed by atoms with E-state index in [4.69, 9.17) is 4.74 Å². The molecule has 5 nitrogen and oxygen atoms in total. The molecule has 0 radical (unpaired) electrons. The second-order valence-corrected chi connectivity index (χ2v) is 8.31. The fourth-order valence-electron chi connectivity index (χ4n) is 3.34. The van der Waals surface area contributed by atoms with Crippen molar-refractivity contribution in [2.45, 2.75) is 73.0 Å². The van der Waals surface area contributed by atoms with Crippen LogP contribution in [0.3, 0.4) is 0 Å². The lowest BCUT2D eigenvalue weighted by molar-refractivity contribution is -0.143. The van der Waals surface area contributed by atoms with E-state index in [1.165, 1.54) is 0 Å². The number of carbonyl (C=O) groups is 2. The van der Waals surface area contributed by atoms with Gasteiger partial charge in [-0.1, -0.05) is 55.8 Å². The number of aryl methyl sites for hydroxylation is 3. The van der Waals surface area contributed by atoms with Gasteiger partial charge in [-0.25, -0.2) is 0 Å². The van der Waals surface area contributed by atoms with Crippen molar-refractivity contribution in [1.82, 2.24) is 10.2 Å². The van der Waals surface area contributed by atoms with Crippen LogP contribution in [0.15, 0.2) is 42.5 Å². The largest absolute Gasteiger partial charge is 0.483 e. The summed E-state index contributed by atoms with van der Waals surface area (Å²) in [4.78, 5) is 27.9. The van der Waals surface area contributed by atoms with Crippen LogP contribution >= 0.6 is 0 Å². The summed E-state index contributed by atoms with van der Waals surface area (Å²) in [5, 5.41) is 3.03. The van der Waals surface area contributed by atoms with Crippen LogP contribution in [0.5, 0.6) is 5.75 Å². The van der Waals surface area contributed by atoms with Gasteiger partial charge in [-0.3, -0.25) is 9.59 Å². The smallest absolute Gasteiger partial charge is 0.261 e. The number of ether oxygens (including phenoxy) is 1. The molecule has 0 unspecified atom stereocenters. The van der Waals surface area contributed by atoms with Gasteiger partial charge in [0, 0.05) is 12.6 Å². The van der Waals surface area contributed by atoms with E-state index in [2.05, 4.69) is 5.32 Å². The highest BCUT2D eigenvalue weighted by molar-refractivity contribution is 5.88. The normalized spacial score (nSPS) is 12.7. The summed E-state index contributed by atoms with van der Waals surface area (Å²) in [6, 6.07) is 13.5. The van der Waals surface area contributed by atoms with Crippen LogP contribution in [0, 0.1) is 20.8 Å². The van der Waals surface area contributed by atoms with Crippen LogP contribution in [-0.2, 0) is 16.1 Å². The van der Waals surface area contributed by atoms with Gasteiger partial charge in [0.05, 0.1) is 0 Å². The van der Waals surface area contributed by atoms with Gasteiger partial charge in [0.25, 0.3) is 5.91 Å². The number of benzene rings is 2. The molecule has 2 atom stereocenters. The molecule has 0 aliphatic heterocycles. The molecule has 2 aromatic rings. The number of amides is 2. The number of nitrogens with one attached hydrogen (secondary N) is 1. The van der Waals surface area contributed by atoms with Gasteiger partial charge in [-0.2, -0.15) is 0 Å². The van der Waals surface area contributed by atoms with Crippen molar-refractivity contribution in [2.24, 2.45) is 0 Å². The quantitative estimate of drug-likeness (QED) is 0.601. The minimum Gasteiger partial charge on any atom is -0.483 e. The van der Waals surface area contributed by atoms with Crippen LogP contribution < -0.4 is 10.1 Å². The molecule has 0 saturated carbocycles. The number of carbonyl (C=O) groups excluding carboxylic acids is 2. The average Bonchev–Trinajstić information content (AvgIpc) is 2.75. The monoisotopic (exact) mass is 424 g/mol. The summed E-state index contributed by atoms with van der Waals surface area (Å²) in [5.74, 6) is 0.373. The molecule has 2 amide bonds. The summed E-state index contributed by atoms with van der Waals surface area (Å²) in [5.41, 5.74) is 4.19. The average molecular weight is 425 g/mol. The highest BCUT2D eigenvalue weighted by Crippen LogP contribution is 2.20. The zero-order valence-electron chi connectivity index (χ0n) is 19.7. The standard InChI is InChI=1S/C26H36N2O3/c1-7-21(6)27-26(30)23(8-2)28(16-22-13-10-18(3)11-14-22)25(29)17-31-24-15-19(4)9-12-20(24)5/h9-15,21,23H,7-8,16-17H2,1-6H3,(H,27,30)/t21-,23-/m1/s1. The molecule has 168 valence electrons. The fourth-order valence-corrected chi connectivity index (χ4v) is 3.34. The first kappa shape index (κ1) is 24.4. The maximum Gasteiger partial charge on any atom is 0.261 e. The second-order valence-electron chi connectivity index (χ2n) is 8.31. The third-order valence-electron chi connectivity index (χ3n) is 5.56. The number of hydrogen-bond acceptors (Lipinski definition) is 3. The van der Waals surface area contributed by atoms with Crippen LogP contribution in [0.25, 0.3) is 0 Å². The van der Waals surface area contributed by atoms with Gasteiger partial charge in [-0.05, 0) is 63.3 Å². The molecular weight excluding hydrogens is 388 g/mol. The molecule has 0 aliphatic rings. The Morgan fingerprint density at radius 2 is 1.61 bits per heavy atom. The lowest BCUT2D eigenvalue weighted by atomic mass is 10.1. The maximum atomic E-state index is 13.3. The Kier molecular flexibility index (Phi) is 9.10. The molecule has 31 heavy (non-hydrogen) atoms. The predicted molar refractivity (Wildman–Crippen MR) is 125 cm³/mol. The van der Waals surface area contributed by atoms with Crippen molar-refractivity contribution in [3.05, 3.63) is 64.7 Å². The van der Waals surface area contributed by atoms with Crippen LogP contribution in [0.2, 0.25) is 0 Å². The van der Waals surface area contributed by atoms with Gasteiger partial charge in [0.1, 0.15) is 11.8 Å². The molecule has 0 aliphatic carbocycles. The third kappa shape index (κ3) is 7.12. The Morgan fingerprint density at radius 1 is 0.968 bits per heavy atom.